The number of rotatable bonds is 5. The summed E-state index contributed by atoms with van der Waals surface area (Å²) in [6, 6.07) is 18.9. The van der Waals surface area contributed by atoms with Gasteiger partial charge in [-0.15, -0.1) is 0 Å². The van der Waals surface area contributed by atoms with Crippen LogP contribution in [0.2, 0.25) is 10.0 Å². The Kier molecular flexibility index (Phi) is 6.69. The van der Waals surface area contributed by atoms with Gasteiger partial charge in [-0.25, -0.2) is 8.78 Å². The molecule has 2 nitrogen and oxygen atoms in total. The number of hydrogen-bond acceptors (Lipinski definition) is 2. The van der Waals surface area contributed by atoms with Crippen molar-refractivity contribution in [3.63, 3.8) is 0 Å². The molecule has 30 heavy (non-hydrogen) atoms. The van der Waals surface area contributed by atoms with Crippen LogP contribution in [0.1, 0.15) is 29.3 Å². The van der Waals surface area contributed by atoms with E-state index in [-0.39, 0.29) is 17.8 Å². The maximum absolute atomic E-state index is 13.7. The van der Waals surface area contributed by atoms with Gasteiger partial charge in [0, 0.05) is 41.8 Å². The average molecular weight is 447 g/mol. The van der Waals surface area contributed by atoms with E-state index in [1.54, 1.807) is 18.2 Å². The van der Waals surface area contributed by atoms with Gasteiger partial charge < -0.3 is 0 Å². The van der Waals surface area contributed by atoms with E-state index in [0.717, 1.165) is 36.2 Å². The van der Waals surface area contributed by atoms with Gasteiger partial charge in [0.25, 0.3) is 0 Å². The zero-order chi connectivity index (χ0) is 21.1. The van der Waals surface area contributed by atoms with Crippen LogP contribution >= 0.6 is 23.2 Å². The lowest BCUT2D eigenvalue weighted by molar-refractivity contribution is -0.00907. The van der Waals surface area contributed by atoms with E-state index in [9.17, 15) is 8.78 Å². The lowest BCUT2D eigenvalue weighted by Gasteiger charge is -2.44. The quantitative estimate of drug-likeness (QED) is 0.431. The van der Waals surface area contributed by atoms with Crippen molar-refractivity contribution in [2.75, 3.05) is 13.1 Å². The molecule has 0 aliphatic carbocycles. The van der Waals surface area contributed by atoms with Gasteiger partial charge in [-0.05, 0) is 53.9 Å². The van der Waals surface area contributed by atoms with Gasteiger partial charge in [0.15, 0.2) is 0 Å². The molecule has 0 spiro atoms. The third kappa shape index (κ3) is 5.01. The van der Waals surface area contributed by atoms with Crippen LogP contribution in [0.15, 0.2) is 66.7 Å². The molecule has 0 amide bonds. The molecule has 6 heteroatoms. The van der Waals surface area contributed by atoms with Crippen LogP contribution in [0.5, 0.6) is 0 Å². The van der Waals surface area contributed by atoms with Crippen LogP contribution in [0.25, 0.3) is 0 Å². The lowest BCUT2D eigenvalue weighted by atomic mass is 10.0. The predicted octanol–water partition coefficient (Wildman–Crippen LogP) is 6.68. The molecule has 1 saturated heterocycles. The topological polar surface area (TPSA) is 6.48 Å². The fourth-order valence-electron chi connectivity index (χ4n) is 4.08. The van der Waals surface area contributed by atoms with Crippen molar-refractivity contribution in [3.8, 4) is 0 Å². The molecule has 3 aromatic carbocycles. The van der Waals surface area contributed by atoms with Gasteiger partial charge in [-0.2, -0.15) is 0 Å². The van der Waals surface area contributed by atoms with Gasteiger partial charge in [-0.3, -0.25) is 9.80 Å². The zero-order valence-electron chi connectivity index (χ0n) is 16.4. The molecule has 0 bridgehead atoms. The maximum atomic E-state index is 13.7. The molecule has 156 valence electrons. The normalized spacial score (nSPS) is 17.9. The highest BCUT2D eigenvalue weighted by molar-refractivity contribution is 6.31. The molecule has 0 saturated carbocycles. The minimum absolute atomic E-state index is 0.129. The van der Waals surface area contributed by atoms with E-state index in [1.807, 2.05) is 24.3 Å². The summed E-state index contributed by atoms with van der Waals surface area (Å²) >= 11 is 12.7. The van der Waals surface area contributed by atoms with E-state index in [4.69, 9.17) is 23.2 Å². The van der Waals surface area contributed by atoms with Crippen molar-refractivity contribution < 1.29 is 8.78 Å². The molecule has 1 atom stereocenters. The van der Waals surface area contributed by atoms with Crippen molar-refractivity contribution in [3.05, 3.63) is 105 Å². The molecule has 1 fully saturated rings. The summed E-state index contributed by atoms with van der Waals surface area (Å²) in [4.78, 5) is 4.64. The molecule has 0 unspecified atom stereocenters. The smallest absolute Gasteiger partial charge is 0.124 e. The lowest BCUT2D eigenvalue weighted by Crippen LogP contribution is -2.47. The second-order valence-corrected chi connectivity index (χ2v) is 8.43. The Balaban J connectivity index is 1.67. The van der Waals surface area contributed by atoms with Crippen LogP contribution < -0.4 is 0 Å². The van der Waals surface area contributed by atoms with Crippen molar-refractivity contribution >= 4 is 23.2 Å². The number of nitrogens with zero attached hydrogens (tertiary/aromatic N) is 2. The molecule has 1 heterocycles. The van der Waals surface area contributed by atoms with E-state index in [1.165, 1.54) is 24.3 Å². The zero-order valence-corrected chi connectivity index (χ0v) is 17.9. The van der Waals surface area contributed by atoms with Crippen molar-refractivity contribution in [2.45, 2.75) is 25.7 Å². The number of halogens is 4. The summed E-state index contributed by atoms with van der Waals surface area (Å²) in [5.41, 5.74) is 2.99. The second-order valence-electron chi connectivity index (χ2n) is 7.59. The first-order valence-electron chi connectivity index (χ1n) is 9.91. The molecule has 3 aromatic rings. The minimum Gasteiger partial charge on any atom is -0.280 e. The Labute approximate surface area is 185 Å². The molecule has 1 aliphatic rings. The summed E-state index contributed by atoms with van der Waals surface area (Å²) in [7, 11) is 0. The first-order chi connectivity index (χ1) is 14.5. The fourth-order valence-corrected chi connectivity index (χ4v) is 4.56. The first-order valence-corrected chi connectivity index (χ1v) is 10.7. The highest BCUT2D eigenvalue weighted by Gasteiger charge is 2.32. The number of hydrogen-bond donors (Lipinski definition) is 0. The summed E-state index contributed by atoms with van der Waals surface area (Å²) in [5.74, 6) is -0.607. The Morgan fingerprint density at radius 2 is 1.43 bits per heavy atom. The van der Waals surface area contributed by atoms with Crippen LogP contribution in [0.3, 0.4) is 0 Å². The average Bonchev–Trinajstić information content (AvgIpc) is 2.71. The molecule has 4 rings (SSSR count). The Hall–Kier alpha value is -1.98. The third-order valence-corrected chi connectivity index (χ3v) is 5.96. The highest BCUT2D eigenvalue weighted by atomic mass is 35.5. The largest absolute Gasteiger partial charge is 0.280 e. The first kappa shape index (κ1) is 21.3. The van der Waals surface area contributed by atoms with E-state index in [2.05, 4.69) is 9.80 Å². The van der Waals surface area contributed by atoms with Gasteiger partial charge in [0.2, 0.25) is 0 Å². The van der Waals surface area contributed by atoms with E-state index >= 15 is 0 Å². The summed E-state index contributed by atoms with van der Waals surface area (Å²) in [6.07, 6.45) is 0.854. The summed E-state index contributed by atoms with van der Waals surface area (Å²) in [6.45, 7) is 3.08. The molecule has 0 N–H and O–H groups in total. The highest BCUT2D eigenvalue weighted by Crippen LogP contribution is 2.36. The SMILES string of the molecule is Fc1ccc(CN2CCCN(Cc3cccc(Cl)c3)[C@@H]2c2ccc(F)cc2Cl)cc1. The van der Waals surface area contributed by atoms with E-state index in [0.29, 0.717) is 23.1 Å². The van der Waals surface area contributed by atoms with Crippen molar-refractivity contribution in [1.29, 1.82) is 0 Å². The molecule has 0 radical (unpaired) electrons. The van der Waals surface area contributed by atoms with Crippen molar-refractivity contribution in [1.82, 2.24) is 9.80 Å². The fraction of sp³-hybridized carbons (Fsp3) is 0.250. The second kappa shape index (κ2) is 9.44. The minimum atomic E-state index is -0.356. The Bertz CT molecular complexity index is 1010. The van der Waals surface area contributed by atoms with Gasteiger partial charge in [-0.1, -0.05) is 53.5 Å². The Morgan fingerprint density at radius 1 is 0.767 bits per heavy atom. The van der Waals surface area contributed by atoms with Crippen LogP contribution in [-0.2, 0) is 13.1 Å². The van der Waals surface area contributed by atoms with Gasteiger partial charge in [0.05, 0.1) is 6.17 Å². The third-order valence-electron chi connectivity index (χ3n) is 5.40. The number of benzene rings is 3. The van der Waals surface area contributed by atoms with E-state index < -0.39 is 0 Å². The molecule has 1 aliphatic heterocycles. The predicted molar refractivity (Wildman–Crippen MR) is 117 cm³/mol. The van der Waals surface area contributed by atoms with Gasteiger partial charge in [0.1, 0.15) is 11.6 Å². The Morgan fingerprint density at radius 3 is 2.10 bits per heavy atom. The van der Waals surface area contributed by atoms with Crippen LogP contribution in [-0.4, -0.2) is 22.9 Å². The maximum Gasteiger partial charge on any atom is 0.124 e. The van der Waals surface area contributed by atoms with Crippen LogP contribution in [0, 0.1) is 11.6 Å². The molecular formula is C24H22Cl2F2N2. The standard InChI is InChI=1S/C24H22Cl2F2N2/c25-19-4-1-3-18(13-19)16-30-12-2-11-29(15-17-5-7-20(27)8-6-17)24(30)22-10-9-21(28)14-23(22)26/h1,3-10,13-14,24H,2,11-12,15-16H2/t24-/m1/s1. The summed E-state index contributed by atoms with van der Waals surface area (Å²) < 4.78 is 27.1. The monoisotopic (exact) mass is 446 g/mol. The van der Waals surface area contributed by atoms with Crippen LogP contribution in [0.4, 0.5) is 8.78 Å². The molecular weight excluding hydrogens is 425 g/mol. The van der Waals surface area contributed by atoms with Gasteiger partial charge >= 0.3 is 0 Å². The van der Waals surface area contributed by atoms with Crippen molar-refractivity contribution in [2.24, 2.45) is 0 Å². The summed E-state index contributed by atoms with van der Waals surface area (Å²) in [5, 5.41) is 1.10. The molecule has 0 aromatic heterocycles.